The van der Waals surface area contributed by atoms with Gasteiger partial charge in [-0.05, 0) is 142 Å². The Morgan fingerprint density at radius 3 is 1.37 bits per heavy atom. The average molecular weight is 1360 g/mol. The molecule has 4 aliphatic heterocycles. The van der Waals surface area contributed by atoms with E-state index in [1.165, 1.54) is 21.6 Å². The first-order valence-corrected chi connectivity index (χ1v) is 34.8. The number of thioether (sulfide) groups is 1. The zero-order valence-electron chi connectivity index (χ0n) is 54.6. The Balaban J connectivity index is 0.000000244. The predicted molar refractivity (Wildman–Crippen MR) is 363 cm³/mol. The number of imide groups is 2. The van der Waals surface area contributed by atoms with E-state index in [1.54, 1.807) is 79.5 Å². The second-order valence-corrected chi connectivity index (χ2v) is 27.8. The SMILES string of the molecule is CNC(=O)[C@H](C(C)C)N1CC[C@@H](C2C=CC=CC2)CC(NC(=O)C(Br)CCCCN2C(=O)c3ccccc3C2=O)C1=O.CNC(=O)[C@H](C(C)C)N1CC[C@@H](C2C=CC=CC2)CC(NC(=O)C(CCCCN2C(=O)c3ccccc3C2=O)SCc2ccc(OC)cc2)C1=O. The number of amides is 10. The summed E-state index contributed by atoms with van der Waals surface area (Å²) >= 11 is 5.00. The van der Waals surface area contributed by atoms with Crippen LogP contribution in [-0.4, -0.2) is 160 Å². The molecule has 0 saturated carbocycles. The number of methoxy groups -OCH3 is 1. The van der Waals surface area contributed by atoms with Crippen molar-refractivity contribution >= 4 is 86.8 Å². The topological polar surface area (TPSA) is 241 Å². The van der Waals surface area contributed by atoms with Crippen LogP contribution < -0.4 is 26.0 Å². The smallest absolute Gasteiger partial charge is 0.261 e. The molecule has 19 nitrogen and oxygen atoms in total. The van der Waals surface area contributed by atoms with Crippen molar-refractivity contribution in [2.24, 2.45) is 35.5 Å². The highest BCUT2D eigenvalue weighted by Crippen LogP contribution is 2.36. The van der Waals surface area contributed by atoms with Crippen molar-refractivity contribution in [3.63, 3.8) is 0 Å². The molecule has 93 heavy (non-hydrogen) atoms. The minimum atomic E-state index is -0.780. The van der Waals surface area contributed by atoms with Crippen LogP contribution in [0.5, 0.6) is 5.75 Å². The molecule has 10 atom stereocenters. The zero-order valence-corrected chi connectivity index (χ0v) is 57.0. The molecule has 498 valence electrons. The van der Waals surface area contributed by atoms with Crippen molar-refractivity contribution in [1.29, 1.82) is 0 Å². The molecule has 10 amide bonds. The van der Waals surface area contributed by atoms with Crippen molar-refractivity contribution < 1.29 is 52.7 Å². The molecule has 2 saturated heterocycles. The van der Waals surface area contributed by atoms with E-state index in [2.05, 4.69) is 61.5 Å². The molecule has 6 aliphatic rings. The summed E-state index contributed by atoms with van der Waals surface area (Å²) in [5, 5.41) is 11.1. The first-order chi connectivity index (χ1) is 44.8. The number of nitrogens with zero attached hydrogens (tertiary/aromatic N) is 4. The number of hydrogen-bond donors (Lipinski definition) is 4. The van der Waals surface area contributed by atoms with Crippen LogP contribution in [0.1, 0.15) is 152 Å². The van der Waals surface area contributed by atoms with Crippen molar-refractivity contribution in [1.82, 2.24) is 40.9 Å². The van der Waals surface area contributed by atoms with Gasteiger partial charge in [0.25, 0.3) is 23.6 Å². The summed E-state index contributed by atoms with van der Waals surface area (Å²) in [4.78, 5) is 138. The standard InChI is InChI=1S/C40H50N4O6S.C32H41BrN4O5/c1-26(2)35(37(46)41-3)43-23-21-29(28-12-6-5-7-13-28)24-33(40(43)49)42-36(45)34(51-25-27-17-19-30(50-4)20-18-27)16-10-11-22-44-38(47)31-14-8-9-15-32(31)39(44)48;1-20(2)27(29(39)34-3)36-18-16-22(21-11-5-4-6-12-21)19-26(32(36)42)35-28(38)25(33)15-9-10-17-37-30(40)23-13-7-8-14-24(23)31(37)41/h5-9,12,14-15,17-20,26,28-29,33-35H,10-11,13,16,21-25H2,1-4H3,(H,41,46)(H,42,45);4-8,11,13-14,20-22,25-27H,9-10,12,15-19H2,1-3H3,(H,34,39)(H,35,38)/t28?,29-,33?,34?,35+;21?,22-,25?,26?,27+/m11/s1. The molecular formula is C72H91BrN8O11S. The van der Waals surface area contributed by atoms with E-state index in [9.17, 15) is 47.9 Å². The molecule has 6 unspecified atom stereocenters. The Labute approximate surface area is 559 Å². The third-order valence-electron chi connectivity index (χ3n) is 18.7. The predicted octanol–water partition coefficient (Wildman–Crippen LogP) is 9.23. The van der Waals surface area contributed by atoms with Crippen LogP contribution in [0.25, 0.3) is 0 Å². The Morgan fingerprint density at radius 1 is 0.559 bits per heavy atom. The number of rotatable bonds is 26. The highest BCUT2D eigenvalue weighted by atomic mass is 79.9. The number of hydrogen-bond acceptors (Lipinski definition) is 12. The number of nitrogens with one attached hydrogen (secondary N) is 4. The first kappa shape index (κ1) is 71.2. The molecule has 2 fully saturated rings. The van der Waals surface area contributed by atoms with Gasteiger partial charge in [0.1, 0.15) is 29.9 Å². The molecular weight excluding hydrogens is 1260 g/mol. The number of fused-ring (bicyclic) bond motifs is 2. The van der Waals surface area contributed by atoms with Crippen molar-refractivity contribution in [2.45, 2.75) is 145 Å². The molecule has 4 N–H and O–H groups in total. The van der Waals surface area contributed by atoms with Crippen LogP contribution in [0.4, 0.5) is 0 Å². The van der Waals surface area contributed by atoms with E-state index >= 15 is 0 Å². The first-order valence-electron chi connectivity index (χ1n) is 32.9. The number of halogens is 1. The maximum atomic E-state index is 14.3. The normalized spacial score (nSPS) is 22.3. The van der Waals surface area contributed by atoms with Gasteiger partial charge in [-0.1, -0.05) is 141 Å². The van der Waals surface area contributed by atoms with E-state index in [1.807, 2.05) is 76.3 Å². The number of unbranched alkanes of at least 4 members (excludes halogenated alkanes) is 2. The van der Waals surface area contributed by atoms with Crippen LogP contribution in [-0.2, 0) is 34.5 Å². The fourth-order valence-electron chi connectivity index (χ4n) is 13.6. The highest BCUT2D eigenvalue weighted by molar-refractivity contribution is 9.10. The molecule has 2 aliphatic carbocycles. The van der Waals surface area contributed by atoms with Gasteiger partial charge in [0.2, 0.25) is 35.4 Å². The molecule has 0 bridgehead atoms. The molecule has 21 heteroatoms. The number of likely N-dealkylation sites (tertiary alicyclic amines) is 2. The van der Waals surface area contributed by atoms with E-state index in [0.717, 1.165) is 37.0 Å². The Morgan fingerprint density at radius 2 is 0.978 bits per heavy atom. The van der Waals surface area contributed by atoms with E-state index < -0.39 is 34.2 Å². The van der Waals surface area contributed by atoms with Gasteiger partial charge in [0.15, 0.2) is 0 Å². The lowest BCUT2D eigenvalue weighted by atomic mass is 9.81. The highest BCUT2D eigenvalue weighted by Gasteiger charge is 2.44. The van der Waals surface area contributed by atoms with Gasteiger partial charge in [0, 0.05) is 46.0 Å². The summed E-state index contributed by atoms with van der Waals surface area (Å²) in [6.45, 7) is 9.16. The fourth-order valence-corrected chi connectivity index (χ4v) is 15.2. The monoisotopic (exact) mass is 1350 g/mol. The largest absolute Gasteiger partial charge is 0.497 e. The third-order valence-corrected chi connectivity index (χ3v) is 20.9. The van der Waals surface area contributed by atoms with E-state index in [4.69, 9.17) is 4.74 Å². The van der Waals surface area contributed by atoms with Crippen molar-refractivity contribution in [3.05, 3.63) is 149 Å². The van der Waals surface area contributed by atoms with Gasteiger partial charge in [-0.2, -0.15) is 0 Å². The Kier molecular flexibility index (Phi) is 26.0. The fraction of sp³-hybridized carbons (Fsp3) is 0.500. The summed E-state index contributed by atoms with van der Waals surface area (Å²) < 4.78 is 5.30. The maximum Gasteiger partial charge on any atom is 0.261 e. The van der Waals surface area contributed by atoms with Crippen LogP contribution in [0.2, 0.25) is 0 Å². The molecule has 0 aromatic heterocycles. The van der Waals surface area contributed by atoms with Gasteiger partial charge in [-0.3, -0.25) is 57.7 Å². The van der Waals surface area contributed by atoms with E-state index in [-0.39, 0.29) is 108 Å². The molecule has 3 aromatic carbocycles. The van der Waals surface area contributed by atoms with Crippen LogP contribution in [0.3, 0.4) is 0 Å². The number of alkyl halides is 1. The number of carbonyl (C=O) groups excluding carboxylic acids is 10. The minimum Gasteiger partial charge on any atom is -0.497 e. The Bertz CT molecular complexity index is 3260. The lowest BCUT2D eigenvalue weighted by molar-refractivity contribution is -0.144. The Hall–Kier alpha value is -7.65. The molecule has 0 radical (unpaired) electrons. The van der Waals surface area contributed by atoms with Crippen LogP contribution >= 0.6 is 27.7 Å². The van der Waals surface area contributed by atoms with Crippen molar-refractivity contribution in [3.8, 4) is 5.75 Å². The minimum absolute atomic E-state index is 0.0922. The summed E-state index contributed by atoms with van der Waals surface area (Å²) in [6, 6.07) is 18.6. The summed E-state index contributed by atoms with van der Waals surface area (Å²) in [5.74, 6) is -0.598. The molecule has 9 rings (SSSR count). The number of ether oxygens (including phenoxy) is 1. The molecule has 4 heterocycles. The lowest BCUT2D eigenvalue weighted by Crippen LogP contribution is -2.57. The van der Waals surface area contributed by atoms with Crippen LogP contribution in [0.15, 0.2) is 121 Å². The summed E-state index contributed by atoms with van der Waals surface area (Å²) in [6.07, 6.45) is 24.2. The van der Waals surface area contributed by atoms with Gasteiger partial charge in [0.05, 0.1) is 39.4 Å². The van der Waals surface area contributed by atoms with Gasteiger partial charge in [-0.15, -0.1) is 11.8 Å². The number of carbonyl (C=O) groups is 10. The molecule has 0 spiro atoms. The van der Waals surface area contributed by atoms with Gasteiger partial charge >= 0.3 is 0 Å². The molecule has 3 aromatic rings. The van der Waals surface area contributed by atoms with Crippen LogP contribution in [0, 0.1) is 35.5 Å². The lowest BCUT2D eigenvalue weighted by Gasteiger charge is -2.34. The van der Waals surface area contributed by atoms with Gasteiger partial charge < -0.3 is 35.8 Å². The van der Waals surface area contributed by atoms with Gasteiger partial charge in [-0.25, -0.2) is 0 Å². The second kappa shape index (κ2) is 34.0. The number of allylic oxidation sites excluding steroid dienone is 8. The summed E-state index contributed by atoms with van der Waals surface area (Å²) in [7, 11) is 4.77. The summed E-state index contributed by atoms with van der Waals surface area (Å²) in [5.41, 5.74) is 2.73. The third kappa shape index (κ3) is 17.8. The van der Waals surface area contributed by atoms with E-state index in [0.29, 0.717) is 92.5 Å². The quantitative estimate of drug-likeness (QED) is 0.0334. The van der Waals surface area contributed by atoms with Crippen molar-refractivity contribution in [2.75, 3.05) is 47.4 Å². The second-order valence-electron chi connectivity index (χ2n) is 25.5. The zero-order chi connectivity index (χ0) is 66.9. The number of benzene rings is 3. The average Bonchev–Trinajstić information content (AvgIpc) is 1.73. The maximum absolute atomic E-state index is 14.3. The number of likely N-dealkylation sites (N-methyl/N-ethyl adjacent to an activating group) is 2.